The number of nitrogens with one attached hydrogen (secondary N) is 2. The maximum absolute atomic E-state index is 4.47. The van der Waals surface area contributed by atoms with E-state index >= 15 is 0 Å². The zero-order valence-electron chi connectivity index (χ0n) is 17.7. The molecule has 0 aliphatic rings. The van der Waals surface area contributed by atoms with E-state index in [1.165, 1.54) is 11.3 Å². The molecule has 1 aromatic heterocycles. The van der Waals surface area contributed by atoms with Crippen LogP contribution in [-0.4, -0.2) is 53.4 Å². The zero-order valence-corrected chi connectivity index (χ0v) is 20.1. The van der Waals surface area contributed by atoms with Crippen LogP contribution in [-0.2, 0) is 13.6 Å². The van der Waals surface area contributed by atoms with Crippen LogP contribution in [0.25, 0.3) is 0 Å². The average molecular weight is 488 g/mol. The van der Waals surface area contributed by atoms with Crippen LogP contribution in [0.5, 0.6) is 0 Å². The third-order valence-electron chi connectivity index (χ3n) is 4.76. The van der Waals surface area contributed by atoms with E-state index in [1.807, 2.05) is 30.8 Å². The van der Waals surface area contributed by atoms with Gasteiger partial charge in [-0.15, -0.1) is 37.1 Å². The molecule has 1 aromatic rings. The van der Waals surface area contributed by atoms with Gasteiger partial charge in [0.2, 0.25) is 0 Å². The van der Waals surface area contributed by atoms with Crippen molar-refractivity contribution in [3.05, 3.63) is 42.3 Å². The third-order valence-corrected chi connectivity index (χ3v) is 4.76. The molecule has 0 fully saturated rings. The van der Waals surface area contributed by atoms with Crippen molar-refractivity contribution in [3.63, 3.8) is 0 Å². The summed E-state index contributed by atoms with van der Waals surface area (Å²) in [5.41, 5.74) is 3.45. The minimum Gasteiger partial charge on any atom is -0.355 e. The van der Waals surface area contributed by atoms with Crippen molar-refractivity contribution >= 4 is 29.9 Å². The van der Waals surface area contributed by atoms with Gasteiger partial charge in [0.1, 0.15) is 0 Å². The molecular weight excluding hydrogens is 451 g/mol. The number of halogens is 1. The summed E-state index contributed by atoms with van der Waals surface area (Å²) in [7, 11) is 3.77. The highest BCUT2D eigenvalue weighted by atomic mass is 127. The first-order valence-electron chi connectivity index (χ1n) is 9.25. The van der Waals surface area contributed by atoms with Gasteiger partial charge in [0.15, 0.2) is 5.96 Å². The monoisotopic (exact) mass is 488 g/mol. The van der Waals surface area contributed by atoms with Crippen LogP contribution < -0.4 is 10.6 Å². The maximum atomic E-state index is 4.47. The van der Waals surface area contributed by atoms with Crippen LogP contribution in [0, 0.1) is 19.8 Å². The van der Waals surface area contributed by atoms with Gasteiger partial charge >= 0.3 is 0 Å². The molecule has 1 unspecified atom stereocenters. The van der Waals surface area contributed by atoms with Crippen LogP contribution in [0.1, 0.15) is 30.8 Å². The van der Waals surface area contributed by atoms with Gasteiger partial charge in [-0.05, 0) is 19.8 Å². The van der Waals surface area contributed by atoms with Crippen LogP contribution in [0.4, 0.5) is 0 Å². The van der Waals surface area contributed by atoms with E-state index in [-0.39, 0.29) is 24.0 Å². The maximum Gasteiger partial charge on any atom is 0.191 e. The molecule has 0 bridgehead atoms. The molecule has 0 aromatic carbocycles. The Labute approximate surface area is 182 Å². The molecule has 6 nitrogen and oxygen atoms in total. The molecular formula is C20H37IN6. The van der Waals surface area contributed by atoms with E-state index in [9.17, 15) is 0 Å². The van der Waals surface area contributed by atoms with E-state index in [4.69, 9.17) is 0 Å². The summed E-state index contributed by atoms with van der Waals surface area (Å²) in [4.78, 5) is 6.74. The number of rotatable bonds is 10. The molecule has 0 saturated carbocycles. The molecule has 0 radical (unpaired) electrons. The largest absolute Gasteiger partial charge is 0.355 e. The number of guanidine groups is 1. The molecule has 0 saturated heterocycles. The Kier molecular flexibility index (Phi) is 12.3. The smallest absolute Gasteiger partial charge is 0.191 e. The van der Waals surface area contributed by atoms with Gasteiger partial charge in [0.05, 0.1) is 5.69 Å². The van der Waals surface area contributed by atoms with Crippen molar-refractivity contribution < 1.29 is 0 Å². The van der Waals surface area contributed by atoms with Crippen molar-refractivity contribution in [2.75, 3.05) is 26.7 Å². The van der Waals surface area contributed by atoms with Gasteiger partial charge in [-0.2, -0.15) is 5.10 Å². The summed E-state index contributed by atoms with van der Waals surface area (Å²) >= 11 is 0. The van der Waals surface area contributed by atoms with E-state index < -0.39 is 0 Å². The van der Waals surface area contributed by atoms with Gasteiger partial charge in [0, 0.05) is 57.6 Å². The van der Waals surface area contributed by atoms with Gasteiger partial charge in [-0.1, -0.05) is 26.0 Å². The van der Waals surface area contributed by atoms with Crippen molar-refractivity contribution in [1.82, 2.24) is 25.3 Å². The Hall–Kier alpha value is -1.35. The third kappa shape index (κ3) is 7.65. The van der Waals surface area contributed by atoms with Crippen LogP contribution in [0.3, 0.4) is 0 Å². The fourth-order valence-electron chi connectivity index (χ4n) is 3.13. The normalized spacial score (nSPS) is 12.7. The second-order valence-corrected chi connectivity index (χ2v) is 6.92. The SMILES string of the molecule is C=CCN(CC=C)C(CNC(=NC)NCc1c(C)nn(C)c1C)C(C)C.I. The number of aromatic nitrogens is 2. The molecule has 0 aliphatic heterocycles. The first kappa shape index (κ1) is 25.6. The molecule has 1 atom stereocenters. The highest BCUT2D eigenvalue weighted by Gasteiger charge is 2.20. The Bertz CT molecular complexity index is 610. The minimum absolute atomic E-state index is 0. The zero-order chi connectivity index (χ0) is 19.7. The Morgan fingerprint density at radius 1 is 1.22 bits per heavy atom. The van der Waals surface area contributed by atoms with Crippen molar-refractivity contribution in [3.8, 4) is 0 Å². The van der Waals surface area contributed by atoms with Crippen LogP contribution >= 0.6 is 24.0 Å². The van der Waals surface area contributed by atoms with Gasteiger partial charge in [-0.3, -0.25) is 14.6 Å². The van der Waals surface area contributed by atoms with E-state index in [2.05, 4.69) is 59.6 Å². The quantitative estimate of drug-likeness (QED) is 0.230. The second-order valence-electron chi connectivity index (χ2n) is 6.92. The lowest BCUT2D eigenvalue weighted by molar-refractivity contribution is 0.190. The predicted octanol–water partition coefficient (Wildman–Crippen LogP) is 3.02. The summed E-state index contributed by atoms with van der Waals surface area (Å²) < 4.78 is 1.92. The predicted molar refractivity (Wildman–Crippen MR) is 127 cm³/mol. The Balaban J connectivity index is 0.00000676. The van der Waals surface area contributed by atoms with E-state index in [1.54, 1.807) is 7.05 Å². The van der Waals surface area contributed by atoms with Crippen molar-refractivity contribution in [2.24, 2.45) is 18.0 Å². The Morgan fingerprint density at radius 3 is 2.22 bits per heavy atom. The van der Waals surface area contributed by atoms with Gasteiger partial charge in [-0.25, -0.2) is 0 Å². The molecule has 154 valence electrons. The molecule has 1 heterocycles. The highest BCUT2D eigenvalue weighted by Crippen LogP contribution is 2.12. The minimum atomic E-state index is 0. The summed E-state index contributed by atoms with van der Waals surface area (Å²) in [6.07, 6.45) is 3.89. The van der Waals surface area contributed by atoms with Gasteiger partial charge in [0.25, 0.3) is 0 Å². The molecule has 0 amide bonds. The lowest BCUT2D eigenvalue weighted by atomic mass is 10.0. The van der Waals surface area contributed by atoms with Crippen molar-refractivity contribution in [2.45, 2.75) is 40.3 Å². The van der Waals surface area contributed by atoms with E-state index in [0.717, 1.165) is 31.3 Å². The lowest BCUT2D eigenvalue weighted by Gasteiger charge is -2.33. The summed E-state index contributed by atoms with van der Waals surface area (Å²) in [5.74, 6) is 1.30. The second kappa shape index (κ2) is 12.9. The summed E-state index contributed by atoms with van der Waals surface area (Å²) in [6.45, 7) is 19.6. The first-order chi connectivity index (χ1) is 12.3. The number of hydrogen-bond acceptors (Lipinski definition) is 3. The average Bonchev–Trinajstić information content (AvgIpc) is 2.83. The standard InChI is InChI=1S/C20H36N6.HI/c1-9-11-26(12-10-2)19(15(3)4)14-23-20(21-7)22-13-18-16(5)24-25(8)17(18)6;/h9-10,15,19H,1-2,11-14H2,3-8H3,(H2,21,22,23);1H. The highest BCUT2D eigenvalue weighted by molar-refractivity contribution is 14.0. The van der Waals surface area contributed by atoms with Gasteiger partial charge < -0.3 is 10.6 Å². The summed E-state index contributed by atoms with van der Waals surface area (Å²) in [6, 6.07) is 0.367. The topological polar surface area (TPSA) is 57.5 Å². The van der Waals surface area contributed by atoms with E-state index in [0.29, 0.717) is 18.5 Å². The number of hydrogen-bond donors (Lipinski definition) is 2. The fourth-order valence-corrected chi connectivity index (χ4v) is 3.13. The summed E-state index contributed by atoms with van der Waals surface area (Å²) in [5, 5.41) is 11.3. The molecule has 2 N–H and O–H groups in total. The van der Waals surface area contributed by atoms with Crippen molar-refractivity contribution in [1.29, 1.82) is 0 Å². The number of aliphatic imine (C=N–C) groups is 1. The van der Waals surface area contributed by atoms with Crippen LogP contribution in [0.15, 0.2) is 30.3 Å². The fraction of sp³-hybridized carbons (Fsp3) is 0.600. The lowest BCUT2D eigenvalue weighted by Crippen LogP contribution is -2.49. The first-order valence-corrected chi connectivity index (χ1v) is 9.25. The number of aryl methyl sites for hydroxylation is 2. The molecule has 0 spiro atoms. The van der Waals surface area contributed by atoms with Crippen LogP contribution in [0.2, 0.25) is 0 Å². The molecule has 0 aliphatic carbocycles. The Morgan fingerprint density at radius 2 is 1.81 bits per heavy atom. The molecule has 7 heteroatoms. The number of nitrogens with zero attached hydrogens (tertiary/aromatic N) is 4. The molecule has 27 heavy (non-hydrogen) atoms. The molecule has 1 rings (SSSR count).